The minimum absolute atomic E-state index is 0. The molecule has 1 aliphatic rings. The minimum atomic E-state index is -4.18. The Morgan fingerprint density at radius 2 is 1.92 bits per heavy atom. The smallest absolute Gasteiger partial charge is 0.263 e. The Hall–Kier alpha value is -1.69. The molecular weight excluding hydrogens is 617 g/mol. The molecular formula is C21H25Cl2N5O6S4. The number of aromatic nitrogens is 2. The number of nitrogens with one attached hydrogen (secondary N) is 2. The summed E-state index contributed by atoms with van der Waals surface area (Å²) in [5.74, 6) is -0.791. The second-order valence-corrected chi connectivity index (χ2v) is 14.6. The van der Waals surface area contributed by atoms with E-state index in [1.807, 2.05) is 0 Å². The molecule has 1 fully saturated rings. The van der Waals surface area contributed by atoms with Crippen molar-refractivity contribution in [2.24, 2.45) is 0 Å². The maximum Gasteiger partial charge on any atom is 0.263 e. The Morgan fingerprint density at radius 1 is 1.21 bits per heavy atom. The third-order valence-electron chi connectivity index (χ3n) is 5.76. The zero-order chi connectivity index (χ0) is 26.8. The highest BCUT2D eigenvalue weighted by molar-refractivity contribution is 7.91. The first kappa shape index (κ1) is 30.8. The van der Waals surface area contributed by atoms with Gasteiger partial charge in [-0.05, 0) is 29.8 Å². The molecule has 3 heterocycles. The van der Waals surface area contributed by atoms with Gasteiger partial charge in [-0.15, -0.1) is 23.7 Å². The number of aromatic amines is 1. The maximum atomic E-state index is 13.5. The highest BCUT2D eigenvalue weighted by Crippen LogP contribution is 2.34. The standard InChI is InChI=1S/C21H24ClN5O6S4.ClH/c22-15-3-1-14(2-4-15)18-5-6-20(35-18)37(32,33)27-10-9-26(12-17(27)21(28)25-29)36(30,31)13-16(34)11-19-23-7-8-24-19;/h1-8,16-17,29,34H,9-13H2,(H,23,24)(H,25,28);1H/t16?,17-;/m1./s1. The Bertz CT molecular complexity index is 1450. The van der Waals surface area contributed by atoms with Gasteiger partial charge < -0.3 is 4.98 Å². The summed E-state index contributed by atoms with van der Waals surface area (Å²) in [5, 5.41) is 9.24. The molecule has 1 aliphatic heterocycles. The van der Waals surface area contributed by atoms with Crippen LogP contribution in [0.25, 0.3) is 10.4 Å². The van der Waals surface area contributed by atoms with Crippen LogP contribution in [0.3, 0.4) is 0 Å². The predicted molar refractivity (Wildman–Crippen MR) is 150 cm³/mol. The first-order chi connectivity index (χ1) is 17.5. The first-order valence-electron chi connectivity index (χ1n) is 11.0. The number of sulfonamides is 2. The number of amides is 1. The van der Waals surface area contributed by atoms with Gasteiger partial charge in [0.15, 0.2) is 0 Å². The number of nitrogens with zero attached hydrogens (tertiary/aromatic N) is 3. The third-order valence-corrected chi connectivity index (χ3v) is 12.1. The first-order valence-corrected chi connectivity index (χ1v) is 15.7. The number of H-pyrrole nitrogens is 1. The number of hydrogen-bond acceptors (Lipinski definition) is 9. The molecule has 38 heavy (non-hydrogen) atoms. The highest BCUT2D eigenvalue weighted by atomic mass is 35.5. The van der Waals surface area contributed by atoms with Crippen molar-refractivity contribution in [1.82, 2.24) is 24.1 Å². The Balaban J connectivity index is 0.00000400. The van der Waals surface area contributed by atoms with Gasteiger partial charge in [-0.2, -0.15) is 21.2 Å². The lowest BCUT2D eigenvalue weighted by molar-refractivity contribution is -0.134. The van der Waals surface area contributed by atoms with Gasteiger partial charge in [-0.25, -0.2) is 27.3 Å². The molecule has 1 aromatic carbocycles. The molecule has 1 saturated heterocycles. The van der Waals surface area contributed by atoms with Gasteiger partial charge in [0, 0.05) is 53.6 Å². The van der Waals surface area contributed by atoms with E-state index in [4.69, 9.17) is 11.6 Å². The third kappa shape index (κ3) is 6.89. The Kier molecular flexibility index (Phi) is 10.3. The van der Waals surface area contributed by atoms with Crippen molar-refractivity contribution < 1.29 is 26.8 Å². The van der Waals surface area contributed by atoms with E-state index < -0.39 is 43.8 Å². The second kappa shape index (κ2) is 12.7. The number of carbonyl (C=O) groups excluding carboxylic acids is 1. The van der Waals surface area contributed by atoms with Crippen molar-refractivity contribution in [2.45, 2.75) is 21.9 Å². The number of halogens is 2. The number of imidazole rings is 1. The summed E-state index contributed by atoms with van der Waals surface area (Å²) in [5.41, 5.74) is 2.23. The number of rotatable bonds is 9. The van der Waals surface area contributed by atoms with E-state index >= 15 is 0 Å². The fourth-order valence-electron chi connectivity index (χ4n) is 3.95. The van der Waals surface area contributed by atoms with Gasteiger partial charge in [0.1, 0.15) is 16.1 Å². The van der Waals surface area contributed by atoms with Crippen molar-refractivity contribution >= 4 is 73.9 Å². The van der Waals surface area contributed by atoms with Crippen LogP contribution in [0.4, 0.5) is 0 Å². The number of benzene rings is 1. The largest absolute Gasteiger partial charge is 0.349 e. The molecule has 0 saturated carbocycles. The van der Waals surface area contributed by atoms with Crippen LogP contribution in [-0.4, -0.2) is 83.2 Å². The average molecular weight is 643 g/mol. The normalized spacial score (nSPS) is 18.0. The lowest BCUT2D eigenvalue weighted by atomic mass is 10.2. The van der Waals surface area contributed by atoms with Crippen LogP contribution in [-0.2, 0) is 31.3 Å². The number of hydroxylamine groups is 1. The van der Waals surface area contributed by atoms with Crippen LogP contribution in [0.5, 0.6) is 0 Å². The number of thiol groups is 1. The molecule has 11 nitrogen and oxygen atoms in total. The molecule has 3 N–H and O–H groups in total. The fourth-order valence-corrected chi connectivity index (χ4v) is 9.37. The fraction of sp³-hybridized carbons (Fsp3) is 0.333. The highest BCUT2D eigenvalue weighted by Gasteiger charge is 2.43. The van der Waals surface area contributed by atoms with E-state index in [9.17, 15) is 26.8 Å². The molecule has 2 aromatic heterocycles. The number of hydrogen-bond donors (Lipinski definition) is 4. The average Bonchev–Trinajstić information content (AvgIpc) is 3.56. The summed E-state index contributed by atoms with van der Waals surface area (Å²) in [4.78, 5) is 20.1. The van der Waals surface area contributed by atoms with Gasteiger partial charge in [-0.1, -0.05) is 23.7 Å². The monoisotopic (exact) mass is 641 g/mol. The van der Waals surface area contributed by atoms with Crippen molar-refractivity contribution in [1.29, 1.82) is 0 Å². The number of piperazine rings is 1. The zero-order valence-corrected chi connectivity index (χ0v) is 24.5. The molecule has 208 valence electrons. The molecule has 0 aliphatic carbocycles. The van der Waals surface area contributed by atoms with Crippen LogP contribution in [0.15, 0.2) is 53.0 Å². The Labute approximate surface area is 241 Å². The molecule has 0 radical (unpaired) electrons. The molecule has 3 aromatic rings. The topological polar surface area (TPSA) is 153 Å². The summed E-state index contributed by atoms with van der Waals surface area (Å²) >= 11 is 11.3. The molecule has 0 spiro atoms. The second-order valence-electron chi connectivity index (χ2n) is 8.26. The molecule has 17 heteroatoms. The minimum Gasteiger partial charge on any atom is -0.349 e. The predicted octanol–water partition coefficient (Wildman–Crippen LogP) is 2.26. The summed E-state index contributed by atoms with van der Waals surface area (Å²) in [6, 6.07) is 8.51. The lowest BCUT2D eigenvalue weighted by Gasteiger charge is -2.38. The van der Waals surface area contributed by atoms with E-state index in [1.54, 1.807) is 42.7 Å². The van der Waals surface area contributed by atoms with E-state index in [2.05, 4.69) is 22.6 Å². The molecule has 4 rings (SSSR count). The lowest BCUT2D eigenvalue weighted by Crippen LogP contribution is -2.61. The van der Waals surface area contributed by atoms with Gasteiger partial charge in [0.25, 0.3) is 15.9 Å². The van der Waals surface area contributed by atoms with Gasteiger partial charge in [0.2, 0.25) is 10.0 Å². The van der Waals surface area contributed by atoms with E-state index in [0.29, 0.717) is 15.7 Å². The summed E-state index contributed by atoms with van der Waals surface area (Å²) in [7, 11) is -8.09. The summed E-state index contributed by atoms with van der Waals surface area (Å²) < 4.78 is 55.1. The van der Waals surface area contributed by atoms with Crippen LogP contribution >= 0.6 is 48.0 Å². The van der Waals surface area contributed by atoms with Crippen molar-refractivity contribution in [3.8, 4) is 10.4 Å². The van der Waals surface area contributed by atoms with E-state index in [1.165, 1.54) is 11.5 Å². The van der Waals surface area contributed by atoms with E-state index in [0.717, 1.165) is 25.5 Å². The SMILES string of the molecule is Cl.O=C(NO)[C@H]1CN(S(=O)(=O)CC(S)Cc2ncc[nH]2)CCN1S(=O)(=O)c1ccc(-c2ccc(Cl)cc2)s1. The van der Waals surface area contributed by atoms with Crippen LogP contribution in [0.2, 0.25) is 5.02 Å². The number of carbonyl (C=O) groups is 1. The van der Waals surface area contributed by atoms with Crippen molar-refractivity contribution in [2.75, 3.05) is 25.4 Å². The van der Waals surface area contributed by atoms with Crippen LogP contribution in [0.1, 0.15) is 5.82 Å². The molecule has 1 amide bonds. The molecule has 2 atom stereocenters. The Morgan fingerprint density at radius 3 is 2.55 bits per heavy atom. The maximum absolute atomic E-state index is 13.5. The summed E-state index contributed by atoms with van der Waals surface area (Å²) in [6.45, 7) is -0.888. The van der Waals surface area contributed by atoms with Crippen LogP contribution in [0, 0.1) is 0 Å². The van der Waals surface area contributed by atoms with Gasteiger partial charge in [-0.3, -0.25) is 10.0 Å². The molecule has 0 bridgehead atoms. The van der Waals surface area contributed by atoms with E-state index in [-0.39, 0.29) is 41.9 Å². The summed E-state index contributed by atoms with van der Waals surface area (Å²) in [6.07, 6.45) is 3.45. The zero-order valence-electron chi connectivity index (χ0n) is 19.6. The molecule has 1 unspecified atom stereocenters. The van der Waals surface area contributed by atoms with Crippen molar-refractivity contribution in [3.05, 3.63) is 59.6 Å². The van der Waals surface area contributed by atoms with Crippen LogP contribution < -0.4 is 5.48 Å². The van der Waals surface area contributed by atoms with Gasteiger partial charge >= 0.3 is 0 Å². The van der Waals surface area contributed by atoms with Gasteiger partial charge in [0.05, 0.1) is 5.75 Å². The quantitative estimate of drug-likeness (QED) is 0.159. The number of thiophene rings is 1. The van der Waals surface area contributed by atoms with Crippen molar-refractivity contribution in [3.63, 3.8) is 0 Å².